The van der Waals surface area contributed by atoms with E-state index >= 15 is 0 Å². The van der Waals surface area contributed by atoms with E-state index in [1.54, 1.807) is 24.1 Å². The van der Waals surface area contributed by atoms with Gasteiger partial charge in [-0.3, -0.25) is 9.59 Å². The minimum Gasteiger partial charge on any atom is -0.497 e. The lowest BCUT2D eigenvalue weighted by Crippen LogP contribution is -2.39. The quantitative estimate of drug-likeness (QED) is 0.793. The SMILES string of the molecule is CCN(Cc1ccc(OC)cc1)C(=O)CNC(=O)c1ccc(C(C)(C)C)cc1. The first kappa shape index (κ1) is 21.5. The molecule has 0 aliphatic carbocycles. The van der Waals surface area contributed by atoms with Crippen LogP contribution in [0.4, 0.5) is 0 Å². The fourth-order valence-electron chi connectivity index (χ4n) is 2.82. The van der Waals surface area contributed by atoms with Gasteiger partial charge in [0.15, 0.2) is 0 Å². The van der Waals surface area contributed by atoms with Crippen LogP contribution in [0, 0.1) is 0 Å². The summed E-state index contributed by atoms with van der Waals surface area (Å²) >= 11 is 0. The molecule has 0 radical (unpaired) electrons. The molecule has 150 valence electrons. The zero-order valence-corrected chi connectivity index (χ0v) is 17.4. The zero-order valence-electron chi connectivity index (χ0n) is 17.4. The molecular weight excluding hydrogens is 352 g/mol. The monoisotopic (exact) mass is 382 g/mol. The Bertz CT molecular complexity index is 790. The van der Waals surface area contributed by atoms with Crippen molar-refractivity contribution < 1.29 is 14.3 Å². The maximum absolute atomic E-state index is 12.5. The predicted octanol–water partition coefficient (Wildman–Crippen LogP) is 3.77. The summed E-state index contributed by atoms with van der Waals surface area (Å²) in [6, 6.07) is 15.1. The van der Waals surface area contributed by atoms with Crippen LogP contribution in [-0.2, 0) is 16.8 Å². The number of carbonyl (C=O) groups is 2. The van der Waals surface area contributed by atoms with Crippen LogP contribution in [0.25, 0.3) is 0 Å². The zero-order chi connectivity index (χ0) is 20.7. The molecule has 0 spiro atoms. The van der Waals surface area contributed by atoms with Crippen molar-refractivity contribution in [2.45, 2.75) is 39.7 Å². The van der Waals surface area contributed by atoms with E-state index in [0.717, 1.165) is 16.9 Å². The normalized spacial score (nSPS) is 11.0. The van der Waals surface area contributed by atoms with Crippen LogP contribution in [0.2, 0.25) is 0 Å². The Labute approximate surface area is 167 Å². The second kappa shape index (κ2) is 9.40. The Kier molecular flexibility index (Phi) is 7.21. The summed E-state index contributed by atoms with van der Waals surface area (Å²) in [5.41, 5.74) is 2.77. The standard InChI is InChI=1S/C23H30N2O3/c1-6-25(16-17-7-13-20(28-5)14-8-17)21(26)15-24-22(27)18-9-11-19(12-10-18)23(2,3)4/h7-14H,6,15-16H2,1-5H3,(H,24,27). The Hall–Kier alpha value is -2.82. The van der Waals surface area contributed by atoms with Crippen molar-refractivity contribution in [3.8, 4) is 5.75 Å². The third-order valence-electron chi connectivity index (χ3n) is 4.68. The highest BCUT2D eigenvalue weighted by Crippen LogP contribution is 2.22. The van der Waals surface area contributed by atoms with Gasteiger partial charge in [-0.2, -0.15) is 0 Å². The van der Waals surface area contributed by atoms with Crippen LogP contribution in [0.5, 0.6) is 5.75 Å². The van der Waals surface area contributed by atoms with Gasteiger partial charge in [-0.05, 0) is 47.7 Å². The number of amides is 2. The molecule has 0 aromatic heterocycles. The second-order valence-electron chi connectivity index (χ2n) is 7.77. The molecule has 0 saturated carbocycles. The number of nitrogens with one attached hydrogen (secondary N) is 1. The first-order chi connectivity index (χ1) is 13.2. The van der Waals surface area contributed by atoms with Crippen LogP contribution in [0.15, 0.2) is 48.5 Å². The molecule has 2 amide bonds. The van der Waals surface area contributed by atoms with E-state index in [2.05, 4.69) is 26.1 Å². The fraction of sp³-hybridized carbons (Fsp3) is 0.391. The van der Waals surface area contributed by atoms with Crippen LogP contribution in [-0.4, -0.2) is 36.9 Å². The Morgan fingerprint density at radius 3 is 2.11 bits per heavy atom. The van der Waals surface area contributed by atoms with Crippen LogP contribution < -0.4 is 10.1 Å². The molecule has 2 aromatic rings. The van der Waals surface area contributed by atoms with Crippen LogP contribution in [0.1, 0.15) is 49.2 Å². The number of carbonyl (C=O) groups excluding carboxylic acids is 2. The number of hydrogen-bond acceptors (Lipinski definition) is 3. The molecule has 0 fully saturated rings. The summed E-state index contributed by atoms with van der Waals surface area (Å²) in [6.07, 6.45) is 0. The molecule has 0 heterocycles. The fourth-order valence-corrected chi connectivity index (χ4v) is 2.82. The van der Waals surface area contributed by atoms with Gasteiger partial charge in [0, 0.05) is 18.7 Å². The van der Waals surface area contributed by atoms with Gasteiger partial charge in [0.05, 0.1) is 13.7 Å². The lowest BCUT2D eigenvalue weighted by molar-refractivity contribution is -0.130. The maximum Gasteiger partial charge on any atom is 0.251 e. The van der Waals surface area contributed by atoms with Gasteiger partial charge in [0.1, 0.15) is 5.75 Å². The lowest BCUT2D eigenvalue weighted by atomic mass is 9.87. The molecular formula is C23H30N2O3. The second-order valence-corrected chi connectivity index (χ2v) is 7.77. The van der Waals surface area contributed by atoms with Gasteiger partial charge in [0.2, 0.25) is 5.91 Å². The lowest BCUT2D eigenvalue weighted by Gasteiger charge is -2.21. The molecule has 0 saturated heterocycles. The van der Waals surface area contributed by atoms with Gasteiger partial charge < -0.3 is 15.0 Å². The average molecular weight is 383 g/mol. The highest BCUT2D eigenvalue weighted by molar-refractivity contribution is 5.96. The summed E-state index contributed by atoms with van der Waals surface area (Å²) in [4.78, 5) is 26.6. The smallest absolute Gasteiger partial charge is 0.251 e. The van der Waals surface area contributed by atoms with Gasteiger partial charge in [-0.15, -0.1) is 0 Å². The topological polar surface area (TPSA) is 58.6 Å². The van der Waals surface area contributed by atoms with Gasteiger partial charge in [-0.1, -0.05) is 45.0 Å². The van der Waals surface area contributed by atoms with E-state index in [4.69, 9.17) is 4.74 Å². The predicted molar refractivity (Wildman–Crippen MR) is 112 cm³/mol. The average Bonchev–Trinajstić information content (AvgIpc) is 2.69. The molecule has 0 unspecified atom stereocenters. The van der Waals surface area contributed by atoms with Crippen molar-refractivity contribution in [1.29, 1.82) is 0 Å². The molecule has 28 heavy (non-hydrogen) atoms. The van der Waals surface area contributed by atoms with Gasteiger partial charge >= 0.3 is 0 Å². The molecule has 0 bridgehead atoms. The van der Waals surface area contributed by atoms with Crippen LogP contribution >= 0.6 is 0 Å². The van der Waals surface area contributed by atoms with Crippen molar-refractivity contribution in [2.24, 2.45) is 0 Å². The highest BCUT2D eigenvalue weighted by Gasteiger charge is 2.16. The van der Waals surface area contributed by atoms with Crippen molar-refractivity contribution in [2.75, 3.05) is 20.2 Å². The van der Waals surface area contributed by atoms with Crippen molar-refractivity contribution in [3.63, 3.8) is 0 Å². The number of methoxy groups -OCH3 is 1. The molecule has 5 heteroatoms. The van der Waals surface area contributed by atoms with E-state index in [-0.39, 0.29) is 23.8 Å². The highest BCUT2D eigenvalue weighted by atomic mass is 16.5. The van der Waals surface area contributed by atoms with E-state index in [9.17, 15) is 9.59 Å². The third-order valence-corrected chi connectivity index (χ3v) is 4.68. The summed E-state index contributed by atoms with van der Waals surface area (Å²) in [5.74, 6) is 0.426. The first-order valence-corrected chi connectivity index (χ1v) is 9.54. The molecule has 2 aromatic carbocycles. The Morgan fingerprint density at radius 2 is 1.61 bits per heavy atom. The maximum atomic E-state index is 12.5. The van der Waals surface area contributed by atoms with Gasteiger partial charge in [0.25, 0.3) is 5.91 Å². The Balaban J connectivity index is 1.92. The number of rotatable bonds is 7. The minimum absolute atomic E-state index is 0.0240. The number of nitrogens with zero attached hydrogens (tertiary/aromatic N) is 1. The van der Waals surface area contributed by atoms with Crippen LogP contribution in [0.3, 0.4) is 0 Å². The molecule has 5 nitrogen and oxygen atoms in total. The Morgan fingerprint density at radius 1 is 1.00 bits per heavy atom. The molecule has 0 atom stereocenters. The number of benzene rings is 2. The third kappa shape index (κ3) is 5.84. The largest absolute Gasteiger partial charge is 0.497 e. The molecule has 2 rings (SSSR count). The number of likely N-dealkylation sites (N-methyl/N-ethyl adjacent to an activating group) is 1. The summed E-state index contributed by atoms with van der Waals surface area (Å²) in [6.45, 7) is 9.35. The van der Waals surface area contributed by atoms with Crippen molar-refractivity contribution >= 4 is 11.8 Å². The molecule has 0 aliphatic rings. The number of hydrogen-bond donors (Lipinski definition) is 1. The molecule has 1 N–H and O–H groups in total. The van der Waals surface area contributed by atoms with E-state index in [1.165, 1.54) is 0 Å². The van der Waals surface area contributed by atoms with E-state index in [1.807, 2.05) is 43.3 Å². The number of ether oxygens (including phenoxy) is 1. The summed E-state index contributed by atoms with van der Waals surface area (Å²) < 4.78 is 5.15. The van der Waals surface area contributed by atoms with Crippen molar-refractivity contribution in [3.05, 3.63) is 65.2 Å². The summed E-state index contributed by atoms with van der Waals surface area (Å²) in [5, 5.41) is 2.73. The first-order valence-electron chi connectivity index (χ1n) is 9.54. The van der Waals surface area contributed by atoms with Crippen molar-refractivity contribution in [1.82, 2.24) is 10.2 Å². The summed E-state index contributed by atoms with van der Waals surface area (Å²) in [7, 11) is 1.62. The minimum atomic E-state index is -0.241. The van der Waals surface area contributed by atoms with Gasteiger partial charge in [-0.25, -0.2) is 0 Å². The van der Waals surface area contributed by atoms with E-state index < -0.39 is 0 Å². The molecule has 0 aliphatic heterocycles. The van der Waals surface area contributed by atoms with E-state index in [0.29, 0.717) is 18.7 Å².